The van der Waals surface area contributed by atoms with E-state index in [2.05, 4.69) is 34.6 Å². The molecule has 0 fully saturated rings. The Morgan fingerprint density at radius 3 is 1.71 bits per heavy atom. The van der Waals surface area contributed by atoms with Gasteiger partial charge in [-0.1, -0.05) is 78.3 Å². The van der Waals surface area contributed by atoms with E-state index in [9.17, 15) is 0 Å². The summed E-state index contributed by atoms with van der Waals surface area (Å²) < 4.78 is 0. The minimum absolute atomic E-state index is 0. The zero-order valence-corrected chi connectivity index (χ0v) is 11.3. The Balaban J connectivity index is -0.000000720. The van der Waals surface area contributed by atoms with Crippen molar-refractivity contribution >= 4 is 6.71 Å². The van der Waals surface area contributed by atoms with Crippen LogP contribution in [0.1, 0.15) is 48.9 Å². The molecule has 0 aliphatic carbocycles. The van der Waals surface area contributed by atoms with Gasteiger partial charge in [-0.3, -0.25) is 0 Å². The molecule has 0 atom stereocenters. The Kier molecular flexibility index (Phi) is 12.4. The summed E-state index contributed by atoms with van der Waals surface area (Å²) in [5.74, 6) is 1.75. The standard InChI is InChI=1S/C12H27B.Li.H/c1-6-7-8-13(9-11(2)3)10-12(4)5;;/h11-12H,6-10H2,1-5H3;;/q;+1;-1. The predicted octanol–water partition coefficient (Wildman–Crippen LogP) is 1.71. The molecule has 0 saturated heterocycles. The number of rotatable bonds is 7. The molecule has 0 amide bonds. The minimum atomic E-state index is 0. The maximum Gasteiger partial charge on any atom is 1.00 e. The first kappa shape index (κ1) is 17.1. The summed E-state index contributed by atoms with van der Waals surface area (Å²) >= 11 is 0. The number of hydrogen-bond donors (Lipinski definition) is 0. The van der Waals surface area contributed by atoms with Gasteiger partial charge in [0.2, 0.25) is 0 Å². The van der Waals surface area contributed by atoms with E-state index >= 15 is 0 Å². The quantitative estimate of drug-likeness (QED) is 0.536. The first-order valence-electron chi connectivity index (χ1n) is 6.06. The molecular formula is C12H28BLi. The molecule has 0 bridgehead atoms. The molecule has 0 saturated carbocycles. The van der Waals surface area contributed by atoms with E-state index in [4.69, 9.17) is 0 Å². The van der Waals surface area contributed by atoms with Crippen LogP contribution in [0.4, 0.5) is 0 Å². The summed E-state index contributed by atoms with van der Waals surface area (Å²) in [7, 11) is 0. The third-order valence-corrected chi connectivity index (χ3v) is 2.58. The Bertz CT molecular complexity index is 108. The van der Waals surface area contributed by atoms with Gasteiger partial charge in [-0.05, 0) is 0 Å². The fourth-order valence-corrected chi connectivity index (χ4v) is 2.16. The molecular weight excluding hydrogens is 162 g/mol. The van der Waals surface area contributed by atoms with E-state index in [1.807, 2.05) is 0 Å². The van der Waals surface area contributed by atoms with Crippen molar-refractivity contribution in [2.75, 3.05) is 0 Å². The van der Waals surface area contributed by atoms with Gasteiger partial charge in [0, 0.05) is 0 Å². The molecule has 14 heavy (non-hydrogen) atoms. The number of hydrogen-bond acceptors (Lipinski definition) is 0. The Labute approximate surface area is 105 Å². The van der Waals surface area contributed by atoms with Crippen molar-refractivity contribution in [2.24, 2.45) is 11.8 Å². The topological polar surface area (TPSA) is 0 Å². The van der Waals surface area contributed by atoms with Gasteiger partial charge in [0.25, 0.3) is 0 Å². The summed E-state index contributed by atoms with van der Waals surface area (Å²) in [6, 6.07) is 0. The summed E-state index contributed by atoms with van der Waals surface area (Å²) in [4.78, 5) is 0. The molecule has 0 nitrogen and oxygen atoms in total. The molecule has 0 spiro atoms. The van der Waals surface area contributed by atoms with Gasteiger partial charge in [0.05, 0.1) is 0 Å². The van der Waals surface area contributed by atoms with Gasteiger partial charge in [0.15, 0.2) is 0 Å². The Morgan fingerprint density at radius 1 is 1.00 bits per heavy atom. The molecule has 0 aromatic carbocycles. The fourth-order valence-electron chi connectivity index (χ4n) is 2.16. The predicted molar refractivity (Wildman–Crippen MR) is 65.9 cm³/mol. The second-order valence-corrected chi connectivity index (χ2v) is 5.27. The number of unbranched alkanes of at least 4 members (excludes halogenated alkanes) is 1. The van der Waals surface area contributed by atoms with Crippen LogP contribution in [0.15, 0.2) is 0 Å². The molecule has 0 radical (unpaired) electrons. The second-order valence-electron chi connectivity index (χ2n) is 5.27. The molecule has 0 heterocycles. The van der Waals surface area contributed by atoms with Crippen LogP contribution in [0, 0.1) is 11.8 Å². The first-order chi connectivity index (χ1) is 6.06. The van der Waals surface area contributed by atoms with Crippen molar-refractivity contribution in [1.29, 1.82) is 0 Å². The van der Waals surface area contributed by atoms with Crippen LogP contribution in [0.2, 0.25) is 19.0 Å². The van der Waals surface area contributed by atoms with Crippen molar-refractivity contribution in [1.82, 2.24) is 0 Å². The monoisotopic (exact) mass is 190 g/mol. The molecule has 2 heteroatoms. The molecule has 0 unspecified atom stereocenters. The van der Waals surface area contributed by atoms with E-state index < -0.39 is 0 Å². The average Bonchev–Trinajstić information content (AvgIpc) is 1.98. The van der Waals surface area contributed by atoms with Crippen LogP contribution in [0.25, 0.3) is 0 Å². The normalized spacial score (nSPS) is 10.5. The van der Waals surface area contributed by atoms with Crippen molar-refractivity contribution in [3.05, 3.63) is 0 Å². The molecule has 0 rings (SSSR count). The van der Waals surface area contributed by atoms with E-state index in [1.165, 1.54) is 31.8 Å². The zero-order chi connectivity index (χ0) is 10.3. The van der Waals surface area contributed by atoms with Gasteiger partial charge in [-0.2, -0.15) is 0 Å². The Morgan fingerprint density at radius 2 is 1.43 bits per heavy atom. The summed E-state index contributed by atoms with van der Waals surface area (Å²) in [5, 5.41) is 0. The average molecular weight is 190 g/mol. The first-order valence-corrected chi connectivity index (χ1v) is 6.06. The van der Waals surface area contributed by atoms with Crippen molar-refractivity contribution in [2.45, 2.75) is 66.4 Å². The maximum atomic E-state index is 2.35. The van der Waals surface area contributed by atoms with Gasteiger partial charge in [-0.15, -0.1) is 0 Å². The largest absolute Gasteiger partial charge is 1.00 e. The van der Waals surface area contributed by atoms with Gasteiger partial charge in [0.1, 0.15) is 6.71 Å². The van der Waals surface area contributed by atoms with Crippen LogP contribution in [0.3, 0.4) is 0 Å². The van der Waals surface area contributed by atoms with E-state index in [-0.39, 0.29) is 20.3 Å². The van der Waals surface area contributed by atoms with Crippen LogP contribution >= 0.6 is 0 Å². The van der Waals surface area contributed by atoms with Gasteiger partial charge >= 0.3 is 18.9 Å². The maximum absolute atomic E-state index is 2.35. The SMILES string of the molecule is CCCCB(CC(C)C)CC(C)C.[H-].[Li+]. The second kappa shape index (κ2) is 10.2. The third kappa shape index (κ3) is 10.7. The van der Waals surface area contributed by atoms with Crippen molar-refractivity contribution < 1.29 is 20.3 Å². The third-order valence-electron chi connectivity index (χ3n) is 2.58. The van der Waals surface area contributed by atoms with Crippen LogP contribution in [-0.4, -0.2) is 6.71 Å². The Hall–Kier alpha value is 0.662. The van der Waals surface area contributed by atoms with Gasteiger partial charge < -0.3 is 1.43 Å². The summed E-state index contributed by atoms with van der Waals surface area (Å²) in [5.41, 5.74) is 0. The molecule has 0 aromatic heterocycles. The zero-order valence-electron chi connectivity index (χ0n) is 12.3. The molecule has 0 aromatic rings. The van der Waals surface area contributed by atoms with Crippen LogP contribution < -0.4 is 18.9 Å². The molecule has 0 N–H and O–H groups in total. The smallest absolute Gasteiger partial charge is 1.00 e. The summed E-state index contributed by atoms with van der Waals surface area (Å²) in [6.07, 6.45) is 7.08. The molecule has 0 aliphatic rings. The molecule has 0 aliphatic heterocycles. The van der Waals surface area contributed by atoms with E-state index in [0.29, 0.717) is 0 Å². The van der Waals surface area contributed by atoms with Gasteiger partial charge in [-0.25, -0.2) is 0 Å². The summed E-state index contributed by atoms with van der Waals surface area (Å²) in [6.45, 7) is 12.7. The van der Waals surface area contributed by atoms with Crippen molar-refractivity contribution in [3.63, 3.8) is 0 Å². The van der Waals surface area contributed by atoms with Crippen LogP contribution in [0.5, 0.6) is 0 Å². The van der Waals surface area contributed by atoms with Crippen molar-refractivity contribution in [3.8, 4) is 0 Å². The molecule has 80 valence electrons. The van der Waals surface area contributed by atoms with Crippen LogP contribution in [-0.2, 0) is 0 Å². The minimum Gasteiger partial charge on any atom is -1.00 e. The van der Waals surface area contributed by atoms with E-state index in [0.717, 1.165) is 18.5 Å². The van der Waals surface area contributed by atoms with E-state index in [1.54, 1.807) is 0 Å². The fraction of sp³-hybridized carbons (Fsp3) is 1.00.